The fraction of sp³-hybridized carbons (Fsp3) is 0.0952. The minimum Gasteiger partial charge on any atom is -0.457 e. The Hall–Kier alpha value is -3.12. The molecule has 142 valence electrons. The lowest BCUT2D eigenvalue weighted by Gasteiger charge is -2.22. The van der Waals surface area contributed by atoms with E-state index in [-0.39, 0.29) is 6.61 Å². The minimum absolute atomic E-state index is 0.00472. The second kappa shape index (κ2) is 7.48. The predicted octanol–water partition coefficient (Wildman–Crippen LogP) is 6.11. The van der Waals surface area contributed by atoms with E-state index in [1.165, 1.54) is 17.0 Å². The maximum Gasteiger partial charge on any atom is 0.415 e. The molecule has 1 fully saturated rings. The number of nitrogens with zero attached hydrogens (tertiary/aromatic N) is 1. The number of amides is 1. The zero-order chi connectivity index (χ0) is 19.7. The molecule has 1 saturated heterocycles. The largest absolute Gasteiger partial charge is 0.457 e. The summed E-state index contributed by atoms with van der Waals surface area (Å²) >= 11 is 5.85. The highest BCUT2D eigenvalue weighted by Crippen LogP contribution is 2.35. The van der Waals surface area contributed by atoms with Gasteiger partial charge in [-0.25, -0.2) is 13.6 Å². The van der Waals surface area contributed by atoms with Gasteiger partial charge in [-0.3, -0.25) is 4.90 Å². The highest BCUT2D eigenvalue weighted by molar-refractivity contribution is 6.30. The van der Waals surface area contributed by atoms with Crippen molar-refractivity contribution in [2.45, 2.75) is 6.04 Å². The van der Waals surface area contributed by atoms with Gasteiger partial charge in [0.25, 0.3) is 0 Å². The summed E-state index contributed by atoms with van der Waals surface area (Å²) in [5, 5.41) is 0.607. The van der Waals surface area contributed by atoms with E-state index in [0.717, 1.165) is 6.07 Å². The van der Waals surface area contributed by atoms with Crippen LogP contribution in [0.15, 0.2) is 66.7 Å². The molecule has 1 aliphatic rings. The van der Waals surface area contributed by atoms with Gasteiger partial charge >= 0.3 is 6.09 Å². The van der Waals surface area contributed by atoms with Crippen molar-refractivity contribution in [2.75, 3.05) is 11.5 Å². The van der Waals surface area contributed by atoms with Crippen LogP contribution < -0.4 is 9.64 Å². The monoisotopic (exact) mass is 401 g/mol. The average molecular weight is 402 g/mol. The summed E-state index contributed by atoms with van der Waals surface area (Å²) in [5.74, 6) is -0.236. The van der Waals surface area contributed by atoms with Gasteiger partial charge in [0.05, 0.1) is 6.04 Å². The van der Waals surface area contributed by atoms with E-state index in [4.69, 9.17) is 21.1 Å². The normalized spacial score (nSPS) is 16.2. The Labute approximate surface area is 164 Å². The summed E-state index contributed by atoms with van der Waals surface area (Å²) in [7, 11) is 0. The molecule has 0 N–H and O–H groups in total. The van der Waals surface area contributed by atoms with Gasteiger partial charge in [-0.15, -0.1) is 0 Å². The SMILES string of the molecule is O=C1OCC(c2cc(F)cc(F)c2)N1c1ccc(Oc2ccc(Cl)cc2)cc1. The summed E-state index contributed by atoms with van der Waals surface area (Å²) < 4.78 is 38.0. The summed E-state index contributed by atoms with van der Waals surface area (Å²) in [6.45, 7) is 0.00472. The molecular formula is C21H14ClF2NO3. The minimum atomic E-state index is -0.707. The van der Waals surface area contributed by atoms with Crippen LogP contribution in [0.5, 0.6) is 11.5 Å². The highest BCUT2D eigenvalue weighted by atomic mass is 35.5. The van der Waals surface area contributed by atoms with E-state index >= 15 is 0 Å². The van der Waals surface area contributed by atoms with Gasteiger partial charge in [-0.05, 0) is 66.2 Å². The molecule has 0 aliphatic carbocycles. The molecule has 28 heavy (non-hydrogen) atoms. The zero-order valence-corrected chi connectivity index (χ0v) is 15.2. The van der Waals surface area contributed by atoms with Gasteiger partial charge in [0.15, 0.2) is 0 Å². The third-order valence-corrected chi connectivity index (χ3v) is 4.56. The number of ether oxygens (including phenoxy) is 2. The van der Waals surface area contributed by atoms with Gasteiger partial charge in [0, 0.05) is 16.8 Å². The quantitative estimate of drug-likeness (QED) is 0.529. The van der Waals surface area contributed by atoms with Crippen LogP contribution in [0.25, 0.3) is 0 Å². The van der Waals surface area contributed by atoms with Crippen LogP contribution in [0.3, 0.4) is 0 Å². The van der Waals surface area contributed by atoms with Crippen molar-refractivity contribution in [3.8, 4) is 11.5 Å². The first-order valence-electron chi connectivity index (χ1n) is 8.45. The topological polar surface area (TPSA) is 38.8 Å². The number of benzene rings is 3. The van der Waals surface area contributed by atoms with E-state index < -0.39 is 23.8 Å². The molecule has 7 heteroatoms. The molecule has 0 spiro atoms. The highest BCUT2D eigenvalue weighted by Gasteiger charge is 2.35. The van der Waals surface area contributed by atoms with Crippen molar-refractivity contribution >= 4 is 23.4 Å². The molecule has 3 aromatic carbocycles. The third kappa shape index (κ3) is 3.77. The van der Waals surface area contributed by atoms with Crippen LogP contribution in [0.1, 0.15) is 11.6 Å². The number of carbonyl (C=O) groups excluding carboxylic acids is 1. The summed E-state index contributed by atoms with van der Waals surface area (Å²) in [5.41, 5.74) is 0.852. The second-order valence-corrected chi connectivity index (χ2v) is 6.65. The van der Waals surface area contributed by atoms with Crippen molar-refractivity contribution in [3.63, 3.8) is 0 Å². The molecule has 1 amide bonds. The van der Waals surface area contributed by atoms with Crippen molar-refractivity contribution in [1.29, 1.82) is 0 Å². The molecule has 0 aromatic heterocycles. The molecule has 1 heterocycles. The Kier molecular flexibility index (Phi) is 4.88. The van der Waals surface area contributed by atoms with Crippen LogP contribution >= 0.6 is 11.6 Å². The fourth-order valence-corrected chi connectivity index (χ4v) is 3.16. The van der Waals surface area contributed by atoms with Gasteiger partial charge in [-0.1, -0.05) is 11.6 Å². The van der Waals surface area contributed by atoms with Crippen molar-refractivity contribution in [2.24, 2.45) is 0 Å². The van der Waals surface area contributed by atoms with Crippen LogP contribution in [-0.4, -0.2) is 12.7 Å². The van der Waals surface area contributed by atoms with Gasteiger partial charge < -0.3 is 9.47 Å². The van der Waals surface area contributed by atoms with Crippen LogP contribution in [0.2, 0.25) is 5.02 Å². The van der Waals surface area contributed by atoms with Gasteiger partial charge in [0.2, 0.25) is 0 Å². The van der Waals surface area contributed by atoms with E-state index in [9.17, 15) is 13.6 Å². The zero-order valence-electron chi connectivity index (χ0n) is 14.4. The third-order valence-electron chi connectivity index (χ3n) is 4.31. The number of hydrogen-bond donors (Lipinski definition) is 0. The van der Waals surface area contributed by atoms with E-state index in [1.807, 2.05) is 0 Å². The second-order valence-electron chi connectivity index (χ2n) is 6.22. The fourth-order valence-electron chi connectivity index (χ4n) is 3.03. The van der Waals surface area contributed by atoms with Crippen LogP contribution in [0.4, 0.5) is 19.3 Å². The van der Waals surface area contributed by atoms with E-state index in [0.29, 0.717) is 27.8 Å². The van der Waals surface area contributed by atoms with Crippen molar-refractivity contribution in [1.82, 2.24) is 0 Å². The average Bonchev–Trinajstić information content (AvgIpc) is 3.05. The first-order chi connectivity index (χ1) is 13.5. The Morgan fingerprint density at radius 3 is 2.11 bits per heavy atom. The lowest BCUT2D eigenvalue weighted by molar-refractivity contribution is 0.179. The van der Waals surface area contributed by atoms with Crippen molar-refractivity contribution < 1.29 is 23.0 Å². The molecule has 1 aliphatic heterocycles. The smallest absolute Gasteiger partial charge is 0.415 e. The molecule has 0 bridgehead atoms. The Morgan fingerprint density at radius 2 is 1.50 bits per heavy atom. The molecule has 3 aromatic rings. The first-order valence-corrected chi connectivity index (χ1v) is 8.83. The van der Waals surface area contributed by atoms with E-state index in [1.54, 1.807) is 48.5 Å². The first kappa shape index (κ1) is 18.3. The summed E-state index contributed by atoms with van der Waals surface area (Å²) in [6, 6.07) is 16.2. The molecule has 4 nitrogen and oxygen atoms in total. The van der Waals surface area contributed by atoms with Crippen molar-refractivity contribution in [3.05, 3.63) is 89.0 Å². The molecule has 0 saturated carbocycles. The number of hydrogen-bond acceptors (Lipinski definition) is 3. The molecule has 4 rings (SSSR count). The van der Waals surface area contributed by atoms with Gasteiger partial charge in [0.1, 0.15) is 29.7 Å². The van der Waals surface area contributed by atoms with Crippen LogP contribution in [-0.2, 0) is 4.74 Å². The lowest BCUT2D eigenvalue weighted by atomic mass is 10.1. The van der Waals surface area contributed by atoms with Gasteiger partial charge in [-0.2, -0.15) is 0 Å². The standard InChI is InChI=1S/C21H14ClF2NO3/c22-14-1-5-18(6-2-14)28-19-7-3-17(4-8-19)25-20(12-27-21(25)26)13-9-15(23)11-16(24)10-13/h1-11,20H,12H2. The molecule has 1 atom stereocenters. The predicted molar refractivity (Wildman–Crippen MR) is 101 cm³/mol. The molecule has 1 unspecified atom stereocenters. The molecular weight excluding hydrogens is 388 g/mol. The maximum atomic E-state index is 13.6. The van der Waals surface area contributed by atoms with E-state index in [2.05, 4.69) is 0 Å². The molecule has 0 radical (unpaired) electrons. The Bertz CT molecular complexity index is 989. The number of rotatable bonds is 4. The summed E-state index contributed by atoms with van der Waals surface area (Å²) in [6.07, 6.45) is -0.582. The number of anilines is 1. The lowest BCUT2D eigenvalue weighted by Crippen LogP contribution is -2.27. The summed E-state index contributed by atoms with van der Waals surface area (Å²) in [4.78, 5) is 13.6. The number of cyclic esters (lactones) is 1. The Balaban J connectivity index is 1.57. The number of halogens is 3. The number of carbonyl (C=O) groups is 1. The van der Waals surface area contributed by atoms with Crippen LogP contribution in [0, 0.1) is 11.6 Å². The Morgan fingerprint density at radius 1 is 0.929 bits per heavy atom. The maximum absolute atomic E-state index is 13.6.